The van der Waals surface area contributed by atoms with Gasteiger partial charge < -0.3 is 10.6 Å². The molecule has 2 N–H and O–H groups in total. The van der Waals surface area contributed by atoms with Crippen molar-refractivity contribution in [3.63, 3.8) is 0 Å². The van der Waals surface area contributed by atoms with Gasteiger partial charge in [-0.15, -0.1) is 0 Å². The molecule has 1 saturated heterocycles. The number of hydrogen-bond acceptors (Lipinski definition) is 3. The van der Waals surface area contributed by atoms with E-state index in [1.165, 1.54) is 0 Å². The second-order valence-electron chi connectivity index (χ2n) is 7.97. The summed E-state index contributed by atoms with van der Waals surface area (Å²) >= 11 is 0. The molecule has 0 aromatic carbocycles. The molecule has 20 heavy (non-hydrogen) atoms. The molecule has 0 aliphatic carbocycles. The van der Waals surface area contributed by atoms with E-state index in [0.717, 1.165) is 19.5 Å². The van der Waals surface area contributed by atoms with Gasteiger partial charge >= 0.3 is 0 Å². The average molecular weight is 283 g/mol. The number of nitrogens with one attached hydrogen (secondary N) is 2. The Bertz CT molecular complexity index is 361. The van der Waals surface area contributed by atoms with Crippen LogP contribution in [0.1, 0.15) is 61.8 Å². The van der Waals surface area contributed by atoms with E-state index >= 15 is 0 Å². The topological polar surface area (TPSA) is 44.4 Å². The highest BCUT2D eigenvalue weighted by Crippen LogP contribution is 2.29. The van der Waals surface area contributed by atoms with E-state index in [1.807, 2.05) is 0 Å². The van der Waals surface area contributed by atoms with Gasteiger partial charge in [0.15, 0.2) is 0 Å². The van der Waals surface area contributed by atoms with E-state index in [4.69, 9.17) is 0 Å². The quantitative estimate of drug-likeness (QED) is 0.831. The molecule has 2 unspecified atom stereocenters. The van der Waals surface area contributed by atoms with E-state index in [9.17, 15) is 4.79 Å². The maximum absolute atomic E-state index is 12.6. The first-order valence-corrected chi connectivity index (χ1v) is 7.78. The van der Waals surface area contributed by atoms with Crippen LogP contribution in [0.2, 0.25) is 0 Å². The third-order valence-corrected chi connectivity index (χ3v) is 4.38. The fourth-order valence-corrected chi connectivity index (χ4v) is 2.81. The Morgan fingerprint density at radius 3 is 2.30 bits per heavy atom. The number of nitrogens with zero attached hydrogens (tertiary/aromatic N) is 1. The summed E-state index contributed by atoms with van der Waals surface area (Å²) < 4.78 is 0. The Hall–Kier alpha value is -0.610. The van der Waals surface area contributed by atoms with Gasteiger partial charge in [-0.05, 0) is 54.9 Å². The molecule has 1 heterocycles. The summed E-state index contributed by atoms with van der Waals surface area (Å²) in [6, 6.07) is 0.361. The van der Waals surface area contributed by atoms with E-state index in [0.29, 0.717) is 6.04 Å². The van der Waals surface area contributed by atoms with Gasteiger partial charge in [0.05, 0.1) is 11.1 Å². The molecule has 1 aliphatic rings. The highest BCUT2D eigenvalue weighted by Gasteiger charge is 2.48. The van der Waals surface area contributed by atoms with Crippen molar-refractivity contribution in [2.24, 2.45) is 0 Å². The van der Waals surface area contributed by atoms with Crippen LogP contribution >= 0.6 is 0 Å². The van der Waals surface area contributed by atoms with E-state index in [-0.39, 0.29) is 17.0 Å². The Morgan fingerprint density at radius 2 is 1.90 bits per heavy atom. The molecule has 1 aliphatic heterocycles. The Labute approximate surface area is 124 Å². The van der Waals surface area contributed by atoms with Crippen molar-refractivity contribution in [3.8, 4) is 0 Å². The third kappa shape index (κ3) is 3.73. The van der Waals surface area contributed by atoms with Gasteiger partial charge in [-0.2, -0.15) is 0 Å². The highest BCUT2D eigenvalue weighted by atomic mass is 16.2. The van der Waals surface area contributed by atoms with Crippen molar-refractivity contribution in [3.05, 3.63) is 0 Å². The van der Waals surface area contributed by atoms with Crippen LogP contribution in [0, 0.1) is 0 Å². The lowest BCUT2D eigenvalue weighted by Crippen LogP contribution is -2.74. The van der Waals surface area contributed by atoms with Gasteiger partial charge in [-0.1, -0.05) is 6.92 Å². The van der Waals surface area contributed by atoms with E-state index in [2.05, 4.69) is 70.9 Å². The van der Waals surface area contributed by atoms with Crippen LogP contribution in [0.25, 0.3) is 0 Å². The fourth-order valence-electron chi connectivity index (χ4n) is 2.81. The zero-order chi connectivity index (χ0) is 15.8. The SMILES string of the molecule is CCC1(C)C(=O)NC(C)(CNC(C)(C)C)CN1C(C)C. The number of carbonyl (C=O) groups excluding carboxylic acids is 1. The molecular formula is C16H33N3O. The number of rotatable bonds is 4. The van der Waals surface area contributed by atoms with Crippen LogP contribution in [-0.4, -0.2) is 46.6 Å². The second-order valence-corrected chi connectivity index (χ2v) is 7.97. The lowest BCUT2D eigenvalue weighted by atomic mass is 9.84. The Morgan fingerprint density at radius 1 is 1.35 bits per heavy atom. The maximum atomic E-state index is 12.6. The molecule has 1 fully saturated rings. The maximum Gasteiger partial charge on any atom is 0.240 e. The van der Waals surface area contributed by atoms with Gasteiger partial charge in [0, 0.05) is 24.7 Å². The van der Waals surface area contributed by atoms with Crippen molar-refractivity contribution in [1.82, 2.24) is 15.5 Å². The molecule has 0 aromatic heterocycles. The molecular weight excluding hydrogens is 250 g/mol. The van der Waals surface area contributed by atoms with Crippen molar-refractivity contribution >= 4 is 5.91 Å². The van der Waals surface area contributed by atoms with E-state index in [1.54, 1.807) is 0 Å². The molecule has 4 nitrogen and oxygen atoms in total. The monoisotopic (exact) mass is 283 g/mol. The lowest BCUT2D eigenvalue weighted by Gasteiger charge is -2.53. The van der Waals surface area contributed by atoms with Crippen LogP contribution in [0.4, 0.5) is 0 Å². The summed E-state index contributed by atoms with van der Waals surface area (Å²) in [5, 5.41) is 6.76. The van der Waals surface area contributed by atoms with Crippen LogP contribution in [0.3, 0.4) is 0 Å². The van der Waals surface area contributed by atoms with Crippen molar-refractivity contribution in [2.45, 2.75) is 84.5 Å². The lowest BCUT2D eigenvalue weighted by molar-refractivity contribution is -0.144. The minimum atomic E-state index is -0.393. The molecule has 118 valence electrons. The highest BCUT2D eigenvalue weighted by molar-refractivity contribution is 5.87. The molecule has 0 aromatic rings. The molecule has 0 bridgehead atoms. The summed E-state index contributed by atoms with van der Waals surface area (Å²) in [5.41, 5.74) is -0.555. The van der Waals surface area contributed by atoms with Crippen LogP contribution in [0.5, 0.6) is 0 Å². The summed E-state index contributed by atoms with van der Waals surface area (Å²) in [6.45, 7) is 18.7. The number of amides is 1. The minimum absolute atomic E-state index is 0.0574. The largest absolute Gasteiger partial charge is 0.347 e. The van der Waals surface area contributed by atoms with Crippen molar-refractivity contribution in [2.75, 3.05) is 13.1 Å². The van der Waals surface area contributed by atoms with Crippen LogP contribution in [0.15, 0.2) is 0 Å². The molecule has 0 spiro atoms. The molecule has 0 saturated carbocycles. The molecule has 0 radical (unpaired) electrons. The molecule has 1 amide bonds. The molecule has 2 atom stereocenters. The van der Waals surface area contributed by atoms with Crippen LogP contribution in [-0.2, 0) is 4.79 Å². The Balaban J connectivity index is 2.92. The zero-order valence-electron chi connectivity index (χ0n) is 14.6. The third-order valence-electron chi connectivity index (χ3n) is 4.38. The van der Waals surface area contributed by atoms with Gasteiger partial charge in [-0.25, -0.2) is 0 Å². The molecule has 4 heteroatoms. The first-order valence-electron chi connectivity index (χ1n) is 7.78. The normalized spacial score (nSPS) is 32.5. The molecule has 1 rings (SSSR count). The van der Waals surface area contributed by atoms with Gasteiger partial charge in [0.1, 0.15) is 0 Å². The van der Waals surface area contributed by atoms with Crippen molar-refractivity contribution < 1.29 is 4.79 Å². The summed E-state index contributed by atoms with van der Waals surface area (Å²) in [7, 11) is 0. The predicted octanol–water partition coefficient (Wildman–Crippen LogP) is 2.14. The predicted molar refractivity (Wildman–Crippen MR) is 84.8 cm³/mol. The first-order chi connectivity index (χ1) is 8.93. The number of hydrogen-bond donors (Lipinski definition) is 2. The second kappa shape index (κ2) is 5.64. The van der Waals surface area contributed by atoms with Gasteiger partial charge in [0.25, 0.3) is 0 Å². The fraction of sp³-hybridized carbons (Fsp3) is 0.938. The standard InChI is InChI=1S/C16H33N3O/c1-9-16(8)13(20)18-15(7,10-17-14(4,5)6)11-19(16)12(2)3/h12,17H,9-11H2,1-8H3,(H,18,20). The summed E-state index contributed by atoms with van der Waals surface area (Å²) in [4.78, 5) is 15.0. The minimum Gasteiger partial charge on any atom is -0.347 e. The number of piperazine rings is 1. The Kier molecular flexibility index (Phi) is 4.92. The smallest absolute Gasteiger partial charge is 0.240 e. The van der Waals surface area contributed by atoms with Crippen LogP contribution < -0.4 is 10.6 Å². The summed E-state index contributed by atoms with van der Waals surface area (Å²) in [6.07, 6.45) is 0.833. The first kappa shape index (κ1) is 17.4. The zero-order valence-corrected chi connectivity index (χ0v) is 14.6. The van der Waals surface area contributed by atoms with Crippen molar-refractivity contribution in [1.29, 1.82) is 0 Å². The van der Waals surface area contributed by atoms with Gasteiger partial charge in [-0.3, -0.25) is 9.69 Å². The number of carbonyl (C=O) groups is 1. The van der Waals surface area contributed by atoms with Gasteiger partial charge in [0.2, 0.25) is 5.91 Å². The summed E-state index contributed by atoms with van der Waals surface area (Å²) in [5.74, 6) is 0.151. The van der Waals surface area contributed by atoms with E-state index < -0.39 is 5.54 Å². The average Bonchev–Trinajstić information content (AvgIpc) is 2.30.